The molecular weight excluding hydrogens is 1120 g/mol. The van der Waals surface area contributed by atoms with E-state index in [1.165, 1.54) is 66.4 Å². The molecule has 0 amide bonds. The molecule has 2 aromatic heterocycles. The van der Waals surface area contributed by atoms with Crippen LogP contribution in [0.3, 0.4) is 0 Å². The second-order valence-corrected chi connectivity index (χ2v) is 26.7. The van der Waals surface area contributed by atoms with Gasteiger partial charge in [-0.3, -0.25) is 0 Å². The van der Waals surface area contributed by atoms with Crippen molar-refractivity contribution in [3.05, 3.63) is 302 Å². The van der Waals surface area contributed by atoms with Crippen molar-refractivity contribution in [2.45, 2.75) is 52.4 Å². The molecule has 440 valence electrons. The fraction of sp³-hybridized carbons (Fsp3) is 0.0909. The Labute approximate surface area is 536 Å². The lowest BCUT2D eigenvalue weighted by molar-refractivity contribution is 0.590. The van der Waals surface area contributed by atoms with Gasteiger partial charge in [-0.2, -0.15) is 0 Å². The molecule has 4 nitrogen and oxygen atoms in total. The summed E-state index contributed by atoms with van der Waals surface area (Å²) in [6.45, 7) is 13.8. The molecule has 0 N–H and O–H groups in total. The van der Waals surface area contributed by atoms with Crippen LogP contribution in [-0.4, -0.2) is 0 Å². The number of furan rings is 2. The molecule has 14 aromatic carbocycles. The standard InChI is InChI=1S/C88H66N2O2/c1-87(2,3)59-35-23-37-61(51-59)89(73-43-25-41-69-65-39-19-21-45-75(65)91-85(69)73)63-47-49-67-71(53-63)79(57-31-15-9-16-32-57)83-81(77(67)55-27-11-7-12-28-55)84-80(58-33-17-10-18-34-58)72-54-64(48-50-68(72)78(82(83)84)56-29-13-8-14-30-56)90(62-38-24-36-60(52-62)88(4,5)6)74-44-26-42-70-66-40-20-22-46-76(66)92-86(70)74/h7-54H,1-6H3. The van der Waals surface area contributed by atoms with E-state index in [1.54, 1.807) is 0 Å². The van der Waals surface area contributed by atoms with Gasteiger partial charge in [0.05, 0.1) is 11.4 Å². The van der Waals surface area contributed by atoms with Gasteiger partial charge in [0.25, 0.3) is 0 Å². The van der Waals surface area contributed by atoms with E-state index >= 15 is 0 Å². The third-order valence-electron chi connectivity index (χ3n) is 19.0. The molecule has 0 atom stereocenters. The molecule has 0 bridgehead atoms. The summed E-state index contributed by atoms with van der Waals surface area (Å²) >= 11 is 0. The summed E-state index contributed by atoms with van der Waals surface area (Å²) < 4.78 is 13.9. The Morgan fingerprint density at radius 1 is 0.228 bits per heavy atom. The number of para-hydroxylation sites is 4. The van der Waals surface area contributed by atoms with Crippen molar-refractivity contribution in [2.75, 3.05) is 9.80 Å². The van der Waals surface area contributed by atoms with Gasteiger partial charge < -0.3 is 18.6 Å². The average Bonchev–Trinajstić information content (AvgIpc) is 0.770. The highest BCUT2D eigenvalue weighted by Crippen LogP contribution is 2.66. The van der Waals surface area contributed by atoms with Crippen molar-refractivity contribution < 1.29 is 8.83 Å². The lowest BCUT2D eigenvalue weighted by atomic mass is 9.65. The van der Waals surface area contributed by atoms with Crippen LogP contribution in [0.2, 0.25) is 0 Å². The van der Waals surface area contributed by atoms with E-state index in [-0.39, 0.29) is 10.8 Å². The van der Waals surface area contributed by atoms with E-state index in [4.69, 9.17) is 8.83 Å². The van der Waals surface area contributed by atoms with Crippen molar-refractivity contribution in [1.82, 2.24) is 0 Å². The highest BCUT2D eigenvalue weighted by atomic mass is 16.3. The summed E-state index contributed by atoms with van der Waals surface area (Å²) in [6.07, 6.45) is 0. The maximum Gasteiger partial charge on any atom is 0.159 e. The van der Waals surface area contributed by atoms with E-state index < -0.39 is 0 Å². The normalized spacial score (nSPS) is 12.2. The maximum absolute atomic E-state index is 6.95. The number of hydrogen-bond acceptors (Lipinski definition) is 4. The maximum atomic E-state index is 6.95. The van der Waals surface area contributed by atoms with Crippen LogP contribution in [0, 0.1) is 0 Å². The monoisotopic (exact) mass is 1180 g/mol. The van der Waals surface area contributed by atoms with Crippen LogP contribution < -0.4 is 9.80 Å². The molecular formula is C88H66N2O2. The van der Waals surface area contributed by atoms with Crippen LogP contribution in [-0.2, 0) is 10.8 Å². The summed E-state index contributed by atoms with van der Waals surface area (Å²) in [6, 6.07) is 107. The van der Waals surface area contributed by atoms with E-state index in [0.717, 1.165) is 111 Å². The molecule has 0 spiro atoms. The van der Waals surface area contributed by atoms with Gasteiger partial charge in [0.15, 0.2) is 11.2 Å². The minimum absolute atomic E-state index is 0.0977. The van der Waals surface area contributed by atoms with E-state index in [1.807, 2.05) is 0 Å². The highest BCUT2D eigenvalue weighted by Gasteiger charge is 2.39. The predicted octanol–water partition coefficient (Wildman–Crippen LogP) is 25.6. The molecule has 0 unspecified atom stereocenters. The second kappa shape index (κ2) is 21.2. The largest absolute Gasteiger partial charge is 0.454 e. The molecule has 0 aliphatic heterocycles. The summed E-state index contributed by atoms with van der Waals surface area (Å²) in [4.78, 5) is 4.85. The van der Waals surface area contributed by atoms with E-state index in [0.29, 0.717) is 0 Å². The third-order valence-corrected chi connectivity index (χ3v) is 19.0. The van der Waals surface area contributed by atoms with E-state index in [9.17, 15) is 0 Å². The number of hydrogen-bond donors (Lipinski definition) is 0. The van der Waals surface area contributed by atoms with E-state index in [2.05, 4.69) is 343 Å². The summed E-state index contributed by atoms with van der Waals surface area (Å²) in [5.41, 5.74) is 26.3. The zero-order chi connectivity index (χ0) is 62.0. The Balaban J connectivity index is 0.997. The first-order chi connectivity index (χ1) is 44.9. The minimum Gasteiger partial charge on any atom is -0.454 e. The van der Waals surface area contributed by atoms with Gasteiger partial charge >= 0.3 is 0 Å². The Hall–Kier alpha value is -11.2. The van der Waals surface area contributed by atoms with Crippen molar-refractivity contribution >= 4 is 99.5 Å². The van der Waals surface area contributed by atoms with Crippen molar-refractivity contribution in [3.63, 3.8) is 0 Å². The van der Waals surface area contributed by atoms with Gasteiger partial charge in [0, 0.05) is 44.3 Å². The molecule has 0 fully saturated rings. The van der Waals surface area contributed by atoms with Gasteiger partial charge in [-0.05, 0) is 183 Å². The number of fused-ring (bicyclic) bond motifs is 12. The first-order valence-corrected chi connectivity index (χ1v) is 32.1. The molecule has 1 aliphatic carbocycles. The average molecular weight is 1180 g/mol. The van der Waals surface area contributed by atoms with Crippen LogP contribution in [0.4, 0.5) is 34.1 Å². The molecule has 0 saturated carbocycles. The van der Waals surface area contributed by atoms with Gasteiger partial charge in [0.2, 0.25) is 0 Å². The minimum atomic E-state index is -0.0977. The zero-order valence-electron chi connectivity index (χ0n) is 52.4. The molecule has 0 saturated heterocycles. The van der Waals surface area contributed by atoms with Gasteiger partial charge in [0.1, 0.15) is 11.2 Å². The lowest BCUT2D eigenvalue weighted by Crippen LogP contribution is -2.15. The van der Waals surface area contributed by atoms with Gasteiger partial charge in [-0.25, -0.2) is 0 Å². The molecule has 17 rings (SSSR count). The van der Waals surface area contributed by atoms with Crippen molar-refractivity contribution in [3.8, 4) is 66.8 Å². The SMILES string of the molecule is CC(C)(C)c1cccc(N(c2ccc3c(-c4ccccc4)c4c(c(-c5ccccc5)c3c2)-c2c-4c(-c3ccccc3)c3cc(N(c4cccc(C(C)(C)C)c4)c4cccc5c4oc4ccccc45)ccc3c2-c2ccccc2)c2cccc3c2oc2ccccc23)c1. The Kier molecular flexibility index (Phi) is 12.7. The number of benzene rings is 14. The third kappa shape index (κ3) is 8.80. The smallest absolute Gasteiger partial charge is 0.159 e. The van der Waals surface area contributed by atoms with Crippen LogP contribution in [0.1, 0.15) is 52.7 Å². The topological polar surface area (TPSA) is 32.8 Å². The summed E-state index contributed by atoms with van der Waals surface area (Å²) in [5.74, 6) is 0. The van der Waals surface area contributed by atoms with Crippen LogP contribution in [0.25, 0.3) is 132 Å². The molecule has 1 aliphatic rings. The van der Waals surface area contributed by atoms with Crippen LogP contribution >= 0.6 is 0 Å². The highest BCUT2D eigenvalue weighted by molar-refractivity contribution is 6.33. The fourth-order valence-electron chi connectivity index (χ4n) is 14.7. The zero-order valence-corrected chi connectivity index (χ0v) is 52.4. The fourth-order valence-corrected chi connectivity index (χ4v) is 14.7. The quantitative estimate of drug-likeness (QED) is 0.137. The van der Waals surface area contributed by atoms with Crippen molar-refractivity contribution in [2.24, 2.45) is 0 Å². The molecule has 92 heavy (non-hydrogen) atoms. The summed E-state index contributed by atoms with van der Waals surface area (Å²) in [5, 5.41) is 9.02. The van der Waals surface area contributed by atoms with Crippen LogP contribution in [0.5, 0.6) is 0 Å². The number of nitrogens with zero attached hydrogens (tertiary/aromatic N) is 2. The van der Waals surface area contributed by atoms with Gasteiger partial charge in [-0.15, -0.1) is 0 Å². The van der Waals surface area contributed by atoms with Crippen LogP contribution in [0.15, 0.2) is 300 Å². The molecule has 16 aromatic rings. The van der Waals surface area contributed by atoms with Gasteiger partial charge in [-0.1, -0.05) is 260 Å². The predicted molar refractivity (Wildman–Crippen MR) is 389 cm³/mol. The second-order valence-electron chi connectivity index (χ2n) is 26.7. The molecule has 4 heteroatoms. The number of rotatable bonds is 10. The Morgan fingerprint density at radius 3 is 0.891 bits per heavy atom. The summed E-state index contributed by atoms with van der Waals surface area (Å²) in [7, 11) is 0. The molecule has 0 radical (unpaired) electrons. The Bertz CT molecular complexity index is 5230. The molecule has 2 heterocycles. The first kappa shape index (κ1) is 54.9. The lowest BCUT2D eigenvalue weighted by Gasteiger charge is -2.38. The first-order valence-electron chi connectivity index (χ1n) is 32.1. The van der Waals surface area contributed by atoms with Crippen molar-refractivity contribution in [1.29, 1.82) is 0 Å². The number of anilines is 6. The Morgan fingerprint density at radius 2 is 0.533 bits per heavy atom.